The predicted octanol–water partition coefficient (Wildman–Crippen LogP) is 2.52. The number of amides is 3. The number of imide groups is 1. The number of carbonyl (C=O) groups is 2. The maximum absolute atomic E-state index is 12.5. The molecule has 1 saturated heterocycles. The lowest BCUT2D eigenvalue weighted by Gasteiger charge is -2.11. The lowest BCUT2D eigenvalue weighted by molar-refractivity contribution is -0.128. The third-order valence-electron chi connectivity index (χ3n) is 4.18. The minimum Gasteiger partial charge on any atom is -0.326 e. The number of aromatic nitrogens is 2. The molecule has 1 aliphatic heterocycles. The Morgan fingerprint density at radius 2 is 1.92 bits per heavy atom. The Kier molecular flexibility index (Phi) is 4.64. The quantitative estimate of drug-likeness (QED) is 0.830. The van der Waals surface area contributed by atoms with Crippen LogP contribution in [0.1, 0.15) is 37.6 Å². The minimum atomic E-state index is -0.454. The molecule has 2 aromatic rings. The molecule has 0 aliphatic carbocycles. The van der Waals surface area contributed by atoms with Gasteiger partial charge >= 0.3 is 6.03 Å². The Balaban J connectivity index is 1.61. The van der Waals surface area contributed by atoms with Crippen LogP contribution < -0.4 is 5.32 Å². The number of rotatable bonds is 6. The van der Waals surface area contributed by atoms with E-state index in [0.717, 1.165) is 17.7 Å². The molecule has 6 nitrogen and oxygen atoms in total. The highest BCUT2D eigenvalue weighted by atomic mass is 16.2. The monoisotopic (exact) mass is 326 g/mol. The number of benzene rings is 1. The highest BCUT2D eigenvalue weighted by Gasteiger charge is 2.37. The second kappa shape index (κ2) is 6.86. The van der Waals surface area contributed by atoms with E-state index < -0.39 is 6.04 Å². The summed E-state index contributed by atoms with van der Waals surface area (Å²) in [6.07, 6.45) is 3.23. The number of aryl methyl sites for hydroxylation is 1. The van der Waals surface area contributed by atoms with E-state index in [0.29, 0.717) is 6.42 Å². The number of hydrogen-bond acceptors (Lipinski definition) is 3. The van der Waals surface area contributed by atoms with Crippen molar-refractivity contribution in [1.29, 1.82) is 0 Å². The number of carbonyl (C=O) groups excluding carboxylic acids is 2. The molecule has 0 radical (unpaired) electrons. The van der Waals surface area contributed by atoms with Gasteiger partial charge in [0.2, 0.25) is 0 Å². The van der Waals surface area contributed by atoms with Crippen LogP contribution in [0.5, 0.6) is 0 Å². The van der Waals surface area contributed by atoms with Crippen molar-refractivity contribution in [2.75, 3.05) is 0 Å². The topological polar surface area (TPSA) is 67.2 Å². The zero-order valence-corrected chi connectivity index (χ0v) is 14.0. The first kappa shape index (κ1) is 16.2. The Labute approximate surface area is 141 Å². The zero-order valence-electron chi connectivity index (χ0n) is 14.0. The van der Waals surface area contributed by atoms with Crippen LogP contribution >= 0.6 is 0 Å². The lowest BCUT2D eigenvalue weighted by atomic mass is 10.1. The molecule has 1 atom stereocenters. The molecule has 2 heterocycles. The summed E-state index contributed by atoms with van der Waals surface area (Å²) in [6, 6.07) is 11.3. The molecular formula is C18H22N4O2. The Morgan fingerprint density at radius 3 is 2.58 bits per heavy atom. The van der Waals surface area contributed by atoms with E-state index in [1.807, 2.05) is 61.1 Å². The number of hydrogen-bond donors (Lipinski definition) is 1. The molecule has 0 unspecified atom stereocenters. The summed E-state index contributed by atoms with van der Waals surface area (Å²) < 4.78 is 1.82. The van der Waals surface area contributed by atoms with Crippen molar-refractivity contribution >= 4 is 11.9 Å². The van der Waals surface area contributed by atoms with Gasteiger partial charge in [-0.05, 0) is 38.3 Å². The first-order chi connectivity index (χ1) is 11.5. The first-order valence-corrected chi connectivity index (χ1v) is 8.24. The normalized spacial score (nSPS) is 17.6. The fraction of sp³-hybridized carbons (Fsp3) is 0.389. The predicted molar refractivity (Wildman–Crippen MR) is 90.2 cm³/mol. The maximum Gasteiger partial charge on any atom is 0.325 e. The molecule has 0 spiro atoms. The van der Waals surface area contributed by atoms with Gasteiger partial charge in [0.05, 0.1) is 12.2 Å². The molecule has 1 aromatic heterocycles. The molecule has 126 valence electrons. The summed E-state index contributed by atoms with van der Waals surface area (Å²) in [4.78, 5) is 25.9. The third-order valence-corrected chi connectivity index (χ3v) is 4.18. The molecule has 1 N–H and O–H groups in total. The largest absolute Gasteiger partial charge is 0.326 e. The van der Waals surface area contributed by atoms with Gasteiger partial charge in [-0.2, -0.15) is 5.10 Å². The zero-order chi connectivity index (χ0) is 17.1. The summed E-state index contributed by atoms with van der Waals surface area (Å²) in [5.41, 5.74) is 1.88. The second-order valence-electron chi connectivity index (χ2n) is 6.33. The van der Waals surface area contributed by atoms with E-state index in [1.165, 1.54) is 4.90 Å². The van der Waals surface area contributed by atoms with E-state index >= 15 is 0 Å². The maximum atomic E-state index is 12.5. The summed E-state index contributed by atoms with van der Waals surface area (Å²) >= 11 is 0. The molecule has 1 aromatic carbocycles. The Hall–Kier alpha value is -2.63. The molecular weight excluding hydrogens is 304 g/mol. The van der Waals surface area contributed by atoms with E-state index in [9.17, 15) is 9.59 Å². The van der Waals surface area contributed by atoms with E-state index in [1.54, 1.807) is 0 Å². The van der Waals surface area contributed by atoms with Crippen molar-refractivity contribution in [3.05, 3.63) is 53.9 Å². The summed E-state index contributed by atoms with van der Waals surface area (Å²) in [6.45, 7) is 4.28. The SMILES string of the molecule is CC(C)n1ccc(CN2C(=O)N[C@H](CCc3ccccc3)C2=O)n1. The van der Waals surface area contributed by atoms with Gasteiger partial charge < -0.3 is 5.32 Å². The van der Waals surface area contributed by atoms with Crippen molar-refractivity contribution in [3.63, 3.8) is 0 Å². The molecule has 6 heteroatoms. The molecule has 3 amide bonds. The van der Waals surface area contributed by atoms with Gasteiger partial charge in [0.25, 0.3) is 5.91 Å². The highest BCUT2D eigenvalue weighted by Crippen LogP contribution is 2.16. The average Bonchev–Trinajstić information content (AvgIpc) is 3.14. The van der Waals surface area contributed by atoms with Crippen molar-refractivity contribution in [3.8, 4) is 0 Å². The fourth-order valence-corrected chi connectivity index (χ4v) is 2.79. The smallest absolute Gasteiger partial charge is 0.325 e. The van der Waals surface area contributed by atoms with Gasteiger partial charge in [-0.15, -0.1) is 0 Å². The van der Waals surface area contributed by atoms with Crippen LogP contribution in [0.2, 0.25) is 0 Å². The van der Waals surface area contributed by atoms with Gasteiger partial charge in [-0.25, -0.2) is 4.79 Å². The molecule has 0 bridgehead atoms. The van der Waals surface area contributed by atoms with Crippen molar-refractivity contribution in [2.45, 2.75) is 45.3 Å². The van der Waals surface area contributed by atoms with Crippen molar-refractivity contribution in [2.24, 2.45) is 0 Å². The van der Waals surface area contributed by atoms with Crippen molar-refractivity contribution < 1.29 is 9.59 Å². The average molecular weight is 326 g/mol. The fourth-order valence-electron chi connectivity index (χ4n) is 2.79. The van der Waals surface area contributed by atoms with Gasteiger partial charge in [0.15, 0.2) is 0 Å². The minimum absolute atomic E-state index is 0.171. The Morgan fingerprint density at radius 1 is 1.17 bits per heavy atom. The molecule has 24 heavy (non-hydrogen) atoms. The van der Waals surface area contributed by atoms with Crippen LogP contribution in [0.3, 0.4) is 0 Å². The number of nitrogens with one attached hydrogen (secondary N) is 1. The number of nitrogens with zero attached hydrogens (tertiary/aromatic N) is 3. The van der Waals surface area contributed by atoms with Crippen LogP contribution in [0.4, 0.5) is 4.79 Å². The second-order valence-corrected chi connectivity index (χ2v) is 6.33. The molecule has 1 aliphatic rings. The summed E-state index contributed by atoms with van der Waals surface area (Å²) in [5.74, 6) is -0.171. The van der Waals surface area contributed by atoms with E-state index in [2.05, 4.69) is 10.4 Å². The van der Waals surface area contributed by atoms with Crippen LogP contribution in [0.25, 0.3) is 0 Å². The molecule has 0 saturated carbocycles. The standard InChI is InChI=1S/C18H22N4O2/c1-13(2)22-11-10-15(20-22)12-21-17(23)16(19-18(21)24)9-8-14-6-4-3-5-7-14/h3-7,10-11,13,16H,8-9,12H2,1-2H3,(H,19,24)/t16-/m1/s1. The number of urea groups is 1. The summed E-state index contributed by atoms with van der Waals surface area (Å²) in [7, 11) is 0. The lowest BCUT2D eigenvalue weighted by Crippen LogP contribution is -2.31. The Bertz CT molecular complexity index is 724. The van der Waals surface area contributed by atoms with Crippen LogP contribution in [0, 0.1) is 0 Å². The highest BCUT2D eigenvalue weighted by molar-refractivity contribution is 6.04. The first-order valence-electron chi connectivity index (χ1n) is 8.24. The van der Waals surface area contributed by atoms with Gasteiger partial charge in [-0.1, -0.05) is 30.3 Å². The van der Waals surface area contributed by atoms with Crippen LogP contribution in [0.15, 0.2) is 42.6 Å². The molecule has 3 rings (SSSR count). The van der Waals surface area contributed by atoms with E-state index in [4.69, 9.17) is 0 Å². The van der Waals surface area contributed by atoms with Gasteiger partial charge in [-0.3, -0.25) is 14.4 Å². The third kappa shape index (κ3) is 3.48. The van der Waals surface area contributed by atoms with E-state index in [-0.39, 0.29) is 24.5 Å². The molecule has 1 fully saturated rings. The van der Waals surface area contributed by atoms with Crippen LogP contribution in [-0.4, -0.2) is 32.7 Å². The van der Waals surface area contributed by atoms with Crippen LogP contribution in [-0.2, 0) is 17.8 Å². The van der Waals surface area contributed by atoms with Gasteiger partial charge in [0, 0.05) is 12.2 Å². The van der Waals surface area contributed by atoms with Gasteiger partial charge in [0.1, 0.15) is 6.04 Å². The summed E-state index contributed by atoms with van der Waals surface area (Å²) in [5, 5.41) is 7.18. The van der Waals surface area contributed by atoms with Crippen molar-refractivity contribution in [1.82, 2.24) is 20.0 Å².